The van der Waals surface area contributed by atoms with Gasteiger partial charge in [0.15, 0.2) is 0 Å². The van der Waals surface area contributed by atoms with E-state index < -0.39 is 42.4 Å². The normalized spacial score (nSPS) is 15.7. The van der Waals surface area contributed by atoms with E-state index in [1.807, 2.05) is 13.8 Å². The van der Waals surface area contributed by atoms with E-state index in [0.717, 1.165) is 30.4 Å². The quantitative estimate of drug-likeness (QED) is 0.212. The molecule has 0 saturated heterocycles. The molecule has 0 aliphatic heterocycles. The summed E-state index contributed by atoms with van der Waals surface area (Å²) >= 11 is 6.18. The van der Waals surface area contributed by atoms with E-state index >= 15 is 0 Å². The Hall–Kier alpha value is -2.95. The molecule has 2 aromatic carbocycles. The van der Waals surface area contributed by atoms with Crippen LogP contribution in [0.1, 0.15) is 64.5 Å². The Morgan fingerprint density at radius 1 is 0.976 bits per heavy atom. The van der Waals surface area contributed by atoms with E-state index in [0.29, 0.717) is 17.9 Å². The SMILES string of the molecule is CC(C)C[C@H](NC(=O)[C@H](Cc1cccc(Cl)c1)NC(=O)C(C)(C)Cc1ccc(F)cc1)C(=O)N[C@H](B(O)O)C1CCC1. The van der Waals surface area contributed by atoms with Gasteiger partial charge in [0.1, 0.15) is 17.9 Å². The molecule has 42 heavy (non-hydrogen) atoms. The maximum Gasteiger partial charge on any atom is 0.475 e. The van der Waals surface area contributed by atoms with Gasteiger partial charge in [-0.15, -0.1) is 0 Å². The van der Waals surface area contributed by atoms with Crippen LogP contribution >= 0.6 is 11.6 Å². The number of halogens is 2. The Morgan fingerprint density at radius 3 is 2.17 bits per heavy atom. The second kappa shape index (κ2) is 15.0. The van der Waals surface area contributed by atoms with E-state index in [1.54, 1.807) is 50.2 Å². The summed E-state index contributed by atoms with van der Waals surface area (Å²) in [7, 11) is -1.71. The first-order valence-corrected chi connectivity index (χ1v) is 14.9. The Bertz CT molecular complexity index is 1220. The van der Waals surface area contributed by atoms with Gasteiger partial charge in [0.25, 0.3) is 0 Å². The van der Waals surface area contributed by atoms with E-state index in [2.05, 4.69) is 16.0 Å². The summed E-state index contributed by atoms with van der Waals surface area (Å²) in [6.45, 7) is 7.32. The molecule has 1 saturated carbocycles. The lowest BCUT2D eigenvalue weighted by Gasteiger charge is -2.35. The predicted octanol–water partition coefficient (Wildman–Crippen LogP) is 3.60. The van der Waals surface area contributed by atoms with Crippen molar-refractivity contribution < 1.29 is 28.8 Å². The molecule has 1 aliphatic carbocycles. The average Bonchev–Trinajstić information content (AvgIpc) is 2.87. The maximum absolute atomic E-state index is 13.7. The van der Waals surface area contributed by atoms with Crippen LogP contribution in [-0.2, 0) is 27.2 Å². The number of nitrogens with one attached hydrogen (secondary N) is 3. The van der Waals surface area contributed by atoms with Crippen LogP contribution in [0.4, 0.5) is 4.39 Å². The molecule has 3 atom stereocenters. The molecule has 8 nitrogen and oxygen atoms in total. The molecular formula is C31H42BClFN3O5. The molecule has 0 heterocycles. The topological polar surface area (TPSA) is 128 Å². The first kappa shape index (κ1) is 33.6. The highest BCUT2D eigenvalue weighted by atomic mass is 35.5. The van der Waals surface area contributed by atoms with Crippen molar-refractivity contribution in [3.63, 3.8) is 0 Å². The van der Waals surface area contributed by atoms with Gasteiger partial charge in [-0.1, -0.05) is 70.0 Å². The third-order valence-corrected chi connectivity index (χ3v) is 7.99. The molecule has 0 radical (unpaired) electrons. The van der Waals surface area contributed by atoms with Crippen molar-refractivity contribution in [1.29, 1.82) is 0 Å². The molecule has 228 valence electrons. The second-order valence-corrected chi connectivity index (χ2v) is 12.8. The number of rotatable bonds is 14. The van der Waals surface area contributed by atoms with Gasteiger partial charge in [0.05, 0.1) is 5.94 Å². The minimum Gasteiger partial charge on any atom is -0.426 e. The van der Waals surface area contributed by atoms with Crippen molar-refractivity contribution >= 4 is 36.4 Å². The van der Waals surface area contributed by atoms with Crippen LogP contribution in [0, 0.1) is 23.1 Å². The zero-order valence-electron chi connectivity index (χ0n) is 24.7. The number of hydrogen-bond donors (Lipinski definition) is 5. The van der Waals surface area contributed by atoms with Crippen molar-refractivity contribution in [3.05, 3.63) is 70.5 Å². The van der Waals surface area contributed by atoms with Crippen LogP contribution in [0.25, 0.3) is 0 Å². The van der Waals surface area contributed by atoms with E-state index in [9.17, 15) is 28.8 Å². The van der Waals surface area contributed by atoms with Gasteiger partial charge < -0.3 is 26.0 Å². The molecule has 5 N–H and O–H groups in total. The summed E-state index contributed by atoms with van der Waals surface area (Å²) in [5.41, 5.74) is 0.554. The summed E-state index contributed by atoms with van der Waals surface area (Å²) in [6, 6.07) is 10.9. The third-order valence-electron chi connectivity index (χ3n) is 7.75. The average molecular weight is 602 g/mol. The van der Waals surface area contributed by atoms with Crippen LogP contribution in [-0.4, -0.2) is 52.9 Å². The summed E-state index contributed by atoms with van der Waals surface area (Å²) in [5, 5.41) is 28.7. The first-order chi connectivity index (χ1) is 19.7. The van der Waals surface area contributed by atoms with Crippen molar-refractivity contribution in [1.82, 2.24) is 16.0 Å². The smallest absolute Gasteiger partial charge is 0.426 e. The summed E-state index contributed by atoms with van der Waals surface area (Å²) in [6.07, 6.45) is 3.27. The fourth-order valence-electron chi connectivity index (χ4n) is 5.13. The van der Waals surface area contributed by atoms with Crippen LogP contribution < -0.4 is 16.0 Å². The molecule has 1 aliphatic rings. The van der Waals surface area contributed by atoms with Gasteiger partial charge >= 0.3 is 7.12 Å². The minimum absolute atomic E-state index is 0.0393. The van der Waals surface area contributed by atoms with E-state index in [1.165, 1.54) is 12.1 Å². The molecule has 3 rings (SSSR count). The van der Waals surface area contributed by atoms with Crippen LogP contribution in [0.15, 0.2) is 48.5 Å². The molecular weight excluding hydrogens is 560 g/mol. The Balaban J connectivity index is 1.80. The summed E-state index contributed by atoms with van der Waals surface area (Å²) in [4.78, 5) is 40.6. The Morgan fingerprint density at radius 2 is 1.62 bits per heavy atom. The minimum atomic E-state index is -1.71. The molecule has 3 amide bonds. The predicted molar refractivity (Wildman–Crippen MR) is 162 cm³/mol. The van der Waals surface area contributed by atoms with Crippen molar-refractivity contribution in [3.8, 4) is 0 Å². The highest BCUT2D eigenvalue weighted by Gasteiger charge is 2.39. The highest BCUT2D eigenvalue weighted by Crippen LogP contribution is 2.30. The van der Waals surface area contributed by atoms with Gasteiger partial charge in [0, 0.05) is 16.9 Å². The van der Waals surface area contributed by atoms with Crippen molar-refractivity contribution in [2.75, 3.05) is 0 Å². The fourth-order valence-corrected chi connectivity index (χ4v) is 5.34. The lowest BCUT2D eigenvalue weighted by atomic mass is 9.64. The van der Waals surface area contributed by atoms with Crippen molar-refractivity contribution in [2.45, 2.75) is 84.2 Å². The summed E-state index contributed by atoms with van der Waals surface area (Å²) in [5.74, 6) is -2.63. The monoisotopic (exact) mass is 601 g/mol. The van der Waals surface area contributed by atoms with Gasteiger partial charge in [-0.05, 0) is 72.9 Å². The molecule has 0 spiro atoms. The Labute approximate surface area is 253 Å². The zero-order valence-corrected chi connectivity index (χ0v) is 25.5. The number of carbonyl (C=O) groups is 3. The van der Waals surface area contributed by atoms with Gasteiger partial charge in [0.2, 0.25) is 17.7 Å². The lowest BCUT2D eigenvalue weighted by molar-refractivity contribution is -0.135. The standard InChI is InChI=1S/C31H42BClFN3O5/c1-19(2)15-25(29(39)37-27(32(41)42)22-8-6-9-22)35-28(38)26(17-21-7-5-10-23(33)16-21)36-30(40)31(3,4)18-20-11-13-24(34)14-12-20/h5,7,10-14,16,19,22,25-27,41-42H,6,8-9,15,17-18H2,1-4H3,(H,35,38)(H,36,40)(H,37,39)/t25-,26-,27-/m0/s1. The maximum atomic E-state index is 13.7. The number of hydrogen-bond acceptors (Lipinski definition) is 5. The van der Waals surface area contributed by atoms with E-state index in [4.69, 9.17) is 11.6 Å². The van der Waals surface area contributed by atoms with Crippen LogP contribution in [0.3, 0.4) is 0 Å². The van der Waals surface area contributed by atoms with Crippen LogP contribution in [0.5, 0.6) is 0 Å². The molecule has 0 unspecified atom stereocenters. The lowest BCUT2D eigenvalue weighted by Crippen LogP contribution is -2.60. The van der Waals surface area contributed by atoms with Gasteiger partial charge in [-0.3, -0.25) is 14.4 Å². The molecule has 1 fully saturated rings. The molecule has 0 aromatic heterocycles. The third kappa shape index (κ3) is 9.82. The Kier molecular flexibility index (Phi) is 12.0. The molecule has 0 bridgehead atoms. The summed E-state index contributed by atoms with van der Waals surface area (Å²) < 4.78 is 13.4. The number of benzene rings is 2. The van der Waals surface area contributed by atoms with Crippen molar-refractivity contribution in [2.24, 2.45) is 17.3 Å². The molecule has 2 aromatic rings. The second-order valence-electron chi connectivity index (χ2n) is 12.4. The van der Waals surface area contributed by atoms with Crippen LogP contribution in [0.2, 0.25) is 5.02 Å². The zero-order chi connectivity index (χ0) is 31.0. The van der Waals surface area contributed by atoms with E-state index in [-0.39, 0.29) is 30.0 Å². The molecule has 11 heteroatoms. The first-order valence-electron chi connectivity index (χ1n) is 14.5. The number of amides is 3. The van der Waals surface area contributed by atoms with Gasteiger partial charge in [-0.25, -0.2) is 4.39 Å². The number of carbonyl (C=O) groups excluding carboxylic acids is 3. The highest BCUT2D eigenvalue weighted by molar-refractivity contribution is 6.43. The largest absolute Gasteiger partial charge is 0.475 e. The fraction of sp³-hybridized carbons (Fsp3) is 0.516. The van der Waals surface area contributed by atoms with Gasteiger partial charge in [-0.2, -0.15) is 0 Å².